The molecule has 0 radical (unpaired) electrons. The van der Waals surface area contributed by atoms with Crippen molar-refractivity contribution in [3.63, 3.8) is 0 Å². The monoisotopic (exact) mass is 323 g/mol. The Balaban J connectivity index is 1.76. The molecule has 7 nitrogen and oxygen atoms in total. The summed E-state index contributed by atoms with van der Waals surface area (Å²) in [5.74, 6) is -0.219. The molecule has 1 aliphatic rings. The molecular formula is C14H17N3O4S. The highest BCUT2D eigenvalue weighted by molar-refractivity contribution is 7.88. The maximum Gasteiger partial charge on any atom is 0.220 e. The number of piperazine rings is 1. The van der Waals surface area contributed by atoms with Crippen LogP contribution < -0.4 is 0 Å². The van der Waals surface area contributed by atoms with Gasteiger partial charge in [0.15, 0.2) is 5.58 Å². The van der Waals surface area contributed by atoms with Gasteiger partial charge in [0.2, 0.25) is 15.9 Å². The Morgan fingerprint density at radius 1 is 1.23 bits per heavy atom. The van der Waals surface area contributed by atoms with Crippen LogP contribution in [0.3, 0.4) is 0 Å². The number of carbonyl (C=O) groups is 1. The highest BCUT2D eigenvalue weighted by Gasteiger charge is 2.29. The summed E-state index contributed by atoms with van der Waals surface area (Å²) in [6, 6.07) is 7.18. The average Bonchev–Trinajstić information content (AvgIpc) is 2.90. The normalized spacial score (nSPS) is 17.0. The number of hydrogen-bond donors (Lipinski definition) is 0. The van der Waals surface area contributed by atoms with E-state index in [-0.39, 0.29) is 11.7 Å². The molecule has 3 rings (SSSR count). The zero-order valence-corrected chi connectivity index (χ0v) is 13.0. The molecule has 0 N–H and O–H groups in total. The predicted molar refractivity (Wildman–Crippen MR) is 80.5 cm³/mol. The Kier molecular flexibility index (Phi) is 3.88. The van der Waals surface area contributed by atoms with E-state index in [0.717, 1.165) is 0 Å². The van der Waals surface area contributed by atoms with Crippen molar-refractivity contribution in [1.82, 2.24) is 14.4 Å². The highest BCUT2D eigenvalue weighted by Crippen LogP contribution is 2.21. The van der Waals surface area contributed by atoms with E-state index in [1.165, 1.54) is 11.2 Å². The van der Waals surface area contributed by atoms with Crippen LogP contribution in [0.15, 0.2) is 28.8 Å². The Morgan fingerprint density at radius 3 is 2.59 bits per heavy atom. The lowest BCUT2D eigenvalue weighted by Gasteiger charge is -2.33. The van der Waals surface area contributed by atoms with Crippen LogP contribution in [0.5, 0.6) is 0 Å². The molecule has 0 bridgehead atoms. The molecule has 1 saturated heterocycles. The number of carbonyl (C=O) groups excluding carboxylic acids is 1. The van der Waals surface area contributed by atoms with Gasteiger partial charge in [-0.3, -0.25) is 4.79 Å². The SMILES string of the molecule is CC(=O)N1CCN(S(=O)(=O)Cc2noc3ccccc23)CC1. The largest absolute Gasteiger partial charge is 0.356 e. The fraction of sp³-hybridized carbons (Fsp3) is 0.429. The summed E-state index contributed by atoms with van der Waals surface area (Å²) in [4.78, 5) is 12.9. The first-order valence-electron chi connectivity index (χ1n) is 7.04. The van der Waals surface area contributed by atoms with E-state index in [9.17, 15) is 13.2 Å². The van der Waals surface area contributed by atoms with Crippen LogP contribution in [-0.4, -0.2) is 54.9 Å². The number of para-hydroxylation sites is 1. The molecule has 118 valence electrons. The van der Waals surface area contributed by atoms with Crippen molar-refractivity contribution in [1.29, 1.82) is 0 Å². The van der Waals surface area contributed by atoms with Crippen molar-refractivity contribution in [2.45, 2.75) is 12.7 Å². The number of benzene rings is 1. The summed E-state index contributed by atoms with van der Waals surface area (Å²) in [5.41, 5.74) is 0.999. The van der Waals surface area contributed by atoms with Crippen LogP contribution >= 0.6 is 0 Å². The standard InChI is InChI=1S/C14H17N3O4S/c1-11(18)16-6-8-17(9-7-16)22(19,20)10-13-12-4-2-3-5-14(12)21-15-13/h2-5H,6-10H2,1H3. The molecule has 1 aliphatic heterocycles. The molecule has 1 aromatic carbocycles. The van der Waals surface area contributed by atoms with Gasteiger partial charge in [-0.05, 0) is 12.1 Å². The topological polar surface area (TPSA) is 83.7 Å². The molecule has 8 heteroatoms. The lowest BCUT2D eigenvalue weighted by atomic mass is 10.2. The van der Waals surface area contributed by atoms with Gasteiger partial charge < -0.3 is 9.42 Å². The minimum Gasteiger partial charge on any atom is -0.356 e. The second kappa shape index (κ2) is 5.69. The third-order valence-electron chi connectivity index (χ3n) is 3.85. The maximum atomic E-state index is 12.5. The molecule has 0 aliphatic carbocycles. The van der Waals surface area contributed by atoms with E-state index in [2.05, 4.69) is 5.16 Å². The second-order valence-electron chi connectivity index (χ2n) is 5.29. The summed E-state index contributed by atoms with van der Waals surface area (Å²) in [6.45, 7) is 2.98. The second-order valence-corrected chi connectivity index (χ2v) is 7.26. The molecule has 2 aromatic rings. The molecule has 1 fully saturated rings. The molecule has 1 amide bonds. The van der Waals surface area contributed by atoms with Gasteiger partial charge in [0.1, 0.15) is 11.4 Å². The molecular weight excluding hydrogens is 306 g/mol. The molecule has 2 heterocycles. The Labute approximate surface area is 128 Å². The molecule has 0 spiro atoms. The smallest absolute Gasteiger partial charge is 0.220 e. The van der Waals surface area contributed by atoms with E-state index < -0.39 is 10.0 Å². The molecule has 0 atom stereocenters. The Hall–Kier alpha value is -1.93. The van der Waals surface area contributed by atoms with Crippen LogP contribution in [0.4, 0.5) is 0 Å². The lowest BCUT2D eigenvalue weighted by molar-refractivity contribution is -0.129. The summed E-state index contributed by atoms with van der Waals surface area (Å²) < 4.78 is 31.6. The van der Waals surface area contributed by atoms with E-state index in [1.807, 2.05) is 12.1 Å². The summed E-state index contributed by atoms with van der Waals surface area (Å²) >= 11 is 0. The zero-order valence-electron chi connectivity index (χ0n) is 12.2. The first kappa shape index (κ1) is 15.0. The number of aromatic nitrogens is 1. The third-order valence-corrected chi connectivity index (χ3v) is 5.64. The molecule has 0 saturated carbocycles. The van der Waals surface area contributed by atoms with Crippen molar-refractivity contribution in [3.05, 3.63) is 30.0 Å². The maximum absolute atomic E-state index is 12.5. The summed E-state index contributed by atoms with van der Waals surface area (Å²) in [7, 11) is -3.47. The van der Waals surface area contributed by atoms with E-state index in [4.69, 9.17) is 4.52 Å². The minimum absolute atomic E-state index is 0.0282. The first-order valence-corrected chi connectivity index (χ1v) is 8.65. The quantitative estimate of drug-likeness (QED) is 0.835. The third kappa shape index (κ3) is 2.84. The van der Waals surface area contributed by atoms with Gasteiger partial charge in [-0.15, -0.1) is 0 Å². The summed E-state index contributed by atoms with van der Waals surface area (Å²) in [5, 5.41) is 4.59. The fourth-order valence-electron chi connectivity index (χ4n) is 2.59. The van der Waals surface area contributed by atoms with Crippen molar-refractivity contribution in [3.8, 4) is 0 Å². The van der Waals surface area contributed by atoms with E-state index >= 15 is 0 Å². The van der Waals surface area contributed by atoms with Crippen LogP contribution in [0.25, 0.3) is 11.0 Å². The highest BCUT2D eigenvalue weighted by atomic mass is 32.2. The van der Waals surface area contributed by atoms with E-state index in [1.54, 1.807) is 17.0 Å². The van der Waals surface area contributed by atoms with Gasteiger partial charge in [0.25, 0.3) is 0 Å². The zero-order chi connectivity index (χ0) is 15.7. The van der Waals surface area contributed by atoms with Crippen LogP contribution in [0.2, 0.25) is 0 Å². The molecule has 1 aromatic heterocycles. The number of hydrogen-bond acceptors (Lipinski definition) is 5. The number of rotatable bonds is 3. The average molecular weight is 323 g/mol. The summed E-state index contributed by atoms with van der Waals surface area (Å²) in [6.07, 6.45) is 0. The minimum atomic E-state index is -3.47. The Morgan fingerprint density at radius 2 is 1.91 bits per heavy atom. The van der Waals surface area contributed by atoms with Crippen molar-refractivity contribution in [2.75, 3.05) is 26.2 Å². The number of fused-ring (bicyclic) bond motifs is 1. The predicted octanol–water partition coefficient (Wildman–Crippen LogP) is 0.822. The van der Waals surface area contributed by atoms with Gasteiger partial charge in [-0.1, -0.05) is 17.3 Å². The van der Waals surface area contributed by atoms with Gasteiger partial charge in [0, 0.05) is 38.5 Å². The van der Waals surface area contributed by atoms with Crippen molar-refractivity contribution in [2.24, 2.45) is 0 Å². The van der Waals surface area contributed by atoms with Gasteiger partial charge in [0.05, 0.1) is 0 Å². The van der Waals surface area contributed by atoms with Gasteiger partial charge in [-0.25, -0.2) is 8.42 Å². The van der Waals surface area contributed by atoms with Crippen LogP contribution in [0.1, 0.15) is 12.6 Å². The fourth-order valence-corrected chi connectivity index (χ4v) is 4.04. The van der Waals surface area contributed by atoms with Gasteiger partial charge in [-0.2, -0.15) is 4.31 Å². The molecule has 0 unspecified atom stereocenters. The van der Waals surface area contributed by atoms with Gasteiger partial charge >= 0.3 is 0 Å². The first-order chi connectivity index (χ1) is 10.5. The number of nitrogens with zero attached hydrogens (tertiary/aromatic N) is 3. The van der Waals surface area contributed by atoms with E-state index in [0.29, 0.717) is 42.8 Å². The lowest BCUT2D eigenvalue weighted by Crippen LogP contribution is -2.50. The molecule has 22 heavy (non-hydrogen) atoms. The Bertz CT molecular complexity index is 791. The van der Waals surface area contributed by atoms with Crippen molar-refractivity contribution < 1.29 is 17.7 Å². The van der Waals surface area contributed by atoms with Crippen molar-refractivity contribution >= 4 is 26.9 Å². The van der Waals surface area contributed by atoms with Crippen LogP contribution in [-0.2, 0) is 20.6 Å². The van der Waals surface area contributed by atoms with Crippen LogP contribution in [0, 0.1) is 0 Å². The number of sulfonamides is 1. The number of amides is 1.